The number of aryl methyl sites for hydroxylation is 1. The number of amides is 1. The van der Waals surface area contributed by atoms with Crippen molar-refractivity contribution in [2.45, 2.75) is 104 Å². The molecule has 0 unspecified atom stereocenters. The Morgan fingerprint density at radius 1 is 0.850 bits per heavy atom. The second-order valence-corrected chi connectivity index (χ2v) is 12.6. The topological polar surface area (TPSA) is 72.9 Å². The van der Waals surface area contributed by atoms with Crippen LogP contribution in [0.5, 0.6) is 0 Å². The van der Waals surface area contributed by atoms with Gasteiger partial charge < -0.3 is 14.4 Å². The van der Waals surface area contributed by atoms with Crippen LogP contribution < -0.4 is 4.90 Å². The second-order valence-electron chi connectivity index (χ2n) is 12.6. The highest BCUT2D eigenvalue weighted by Crippen LogP contribution is 2.29. The first kappa shape index (κ1) is 31.1. The molecule has 6 heteroatoms. The Morgan fingerprint density at radius 2 is 1.48 bits per heavy atom. The van der Waals surface area contributed by atoms with Crippen molar-refractivity contribution < 1.29 is 23.9 Å². The molecule has 40 heavy (non-hydrogen) atoms. The first-order valence-corrected chi connectivity index (χ1v) is 14.4. The van der Waals surface area contributed by atoms with E-state index in [0.717, 1.165) is 48.1 Å². The van der Waals surface area contributed by atoms with Gasteiger partial charge in [-0.3, -0.25) is 9.59 Å². The van der Waals surface area contributed by atoms with Crippen LogP contribution in [-0.2, 0) is 36.8 Å². The summed E-state index contributed by atoms with van der Waals surface area (Å²) in [7, 11) is 0. The van der Waals surface area contributed by atoms with Crippen LogP contribution in [0.25, 0.3) is 6.08 Å². The molecule has 3 rings (SSSR count). The number of carbonyl (C=O) groups is 3. The lowest BCUT2D eigenvalue weighted by atomic mass is 9.88. The van der Waals surface area contributed by atoms with Crippen molar-refractivity contribution in [3.63, 3.8) is 0 Å². The largest absolute Gasteiger partial charge is 0.460 e. The van der Waals surface area contributed by atoms with E-state index in [4.69, 9.17) is 9.47 Å². The van der Waals surface area contributed by atoms with Crippen LogP contribution in [0.4, 0.5) is 5.69 Å². The Balaban J connectivity index is 1.76. The van der Waals surface area contributed by atoms with Gasteiger partial charge in [-0.25, -0.2) is 4.79 Å². The third-order valence-corrected chi connectivity index (χ3v) is 6.62. The van der Waals surface area contributed by atoms with E-state index < -0.39 is 17.2 Å². The van der Waals surface area contributed by atoms with Crippen LogP contribution in [0.2, 0.25) is 0 Å². The van der Waals surface area contributed by atoms with Gasteiger partial charge in [0.1, 0.15) is 11.2 Å². The molecule has 0 bridgehead atoms. The number of ether oxygens (including phenoxy) is 2. The number of carbonyl (C=O) groups excluding carboxylic acids is 3. The van der Waals surface area contributed by atoms with Crippen LogP contribution in [-0.4, -0.2) is 29.0 Å². The smallest absolute Gasteiger partial charge is 0.331 e. The van der Waals surface area contributed by atoms with Gasteiger partial charge in [0.05, 0.1) is 6.54 Å². The third kappa shape index (κ3) is 10.6. The van der Waals surface area contributed by atoms with Crippen molar-refractivity contribution in [3.8, 4) is 0 Å². The van der Waals surface area contributed by atoms with E-state index in [0.29, 0.717) is 19.4 Å². The zero-order valence-corrected chi connectivity index (χ0v) is 25.0. The molecular weight excluding hydrogens is 502 g/mol. The molecule has 0 aliphatic heterocycles. The average molecular weight is 548 g/mol. The van der Waals surface area contributed by atoms with E-state index in [1.807, 2.05) is 95.0 Å². The summed E-state index contributed by atoms with van der Waals surface area (Å²) in [5.41, 5.74) is 2.64. The number of hydrogen-bond donors (Lipinski definition) is 0. The van der Waals surface area contributed by atoms with Crippen LogP contribution in [0.1, 0.15) is 96.8 Å². The van der Waals surface area contributed by atoms with Gasteiger partial charge in [-0.15, -0.1) is 0 Å². The van der Waals surface area contributed by atoms with Crippen LogP contribution >= 0.6 is 0 Å². The second kappa shape index (κ2) is 13.8. The number of benzene rings is 2. The highest BCUT2D eigenvalue weighted by molar-refractivity contribution is 5.95. The molecule has 2 aromatic carbocycles. The summed E-state index contributed by atoms with van der Waals surface area (Å²) in [6.07, 6.45) is 9.24. The molecule has 0 spiro atoms. The number of anilines is 1. The number of hydrogen-bond acceptors (Lipinski definition) is 5. The Morgan fingerprint density at radius 3 is 2.10 bits per heavy atom. The molecule has 0 saturated heterocycles. The molecule has 0 atom stereocenters. The molecule has 0 aromatic heterocycles. The predicted octanol–water partition coefficient (Wildman–Crippen LogP) is 7.43. The maximum atomic E-state index is 13.8. The highest BCUT2D eigenvalue weighted by Gasteiger charge is 2.27. The summed E-state index contributed by atoms with van der Waals surface area (Å²) < 4.78 is 10.8. The van der Waals surface area contributed by atoms with E-state index >= 15 is 0 Å². The van der Waals surface area contributed by atoms with Gasteiger partial charge in [-0.1, -0.05) is 55.7 Å². The third-order valence-electron chi connectivity index (χ3n) is 6.62. The molecular formula is C34H45NO5. The SMILES string of the molecule is CC(C)(C)OC(=O)/C=C/c1cccc(N(Cc2ccc(CCC(=O)OC(C)(C)C)cc2)C(=O)C2CCCCC2)c1. The lowest BCUT2D eigenvalue weighted by Crippen LogP contribution is -2.36. The van der Waals surface area contributed by atoms with Crippen LogP contribution in [0.3, 0.4) is 0 Å². The molecule has 1 fully saturated rings. The Hall–Kier alpha value is -3.41. The first-order valence-electron chi connectivity index (χ1n) is 14.4. The summed E-state index contributed by atoms with van der Waals surface area (Å²) in [5, 5.41) is 0. The van der Waals surface area contributed by atoms with Gasteiger partial charge in [0.15, 0.2) is 0 Å². The maximum Gasteiger partial charge on any atom is 0.331 e. The molecule has 1 aliphatic rings. The van der Waals surface area contributed by atoms with Crippen molar-refractivity contribution >= 4 is 29.6 Å². The fraction of sp³-hybridized carbons (Fsp3) is 0.500. The summed E-state index contributed by atoms with van der Waals surface area (Å²) in [6.45, 7) is 11.6. The van der Waals surface area contributed by atoms with Gasteiger partial charge in [0.2, 0.25) is 5.91 Å². The Bertz CT molecular complexity index is 1180. The van der Waals surface area contributed by atoms with E-state index in [9.17, 15) is 14.4 Å². The zero-order valence-electron chi connectivity index (χ0n) is 25.0. The number of nitrogens with zero attached hydrogens (tertiary/aromatic N) is 1. The van der Waals surface area contributed by atoms with Crippen molar-refractivity contribution in [1.29, 1.82) is 0 Å². The Kier molecular flexibility index (Phi) is 10.7. The molecule has 216 valence electrons. The molecule has 0 N–H and O–H groups in total. The molecule has 2 aromatic rings. The fourth-order valence-electron chi connectivity index (χ4n) is 4.80. The van der Waals surface area contributed by atoms with Crippen molar-refractivity contribution in [1.82, 2.24) is 0 Å². The minimum Gasteiger partial charge on any atom is -0.460 e. The monoisotopic (exact) mass is 547 g/mol. The highest BCUT2D eigenvalue weighted by atomic mass is 16.6. The van der Waals surface area contributed by atoms with Gasteiger partial charge >= 0.3 is 11.9 Å². The molecule has 0 radical (unpaired) electrons. The average Bonchev–Trinajstić information content (AvgIpc) is 2.88. The van der Waals surface area contributed by atoms with Crippen LogP contribution in [0, 0.1) is 5.92 Å². The first-order chi connectivity index (χ1) is 18.8. The lowest BCUT2D eigenvalue weighted by Gasteiger charge is -2.30. The predicted molar refractivity (Wildman–Crippen MR) is 160 cm³/mol. The minimum absolute atomic E-state index is 0.0165. The summed E-state index contributed by atoms with van der Waals surface area (Å²) >= 11 is 0. The van der Waals surface area contributed by atoms with Crippen molar-refractivity contribution in [2.24, 2.45) is 5.92 Å². The molecule has 1 saturated carbocycles. The van der Waals surface area contributed by atoms with Gasteiger partial charge in [-0.2, -0.15) is 0 Å². The van der Waals surface area contributed by atoms with Crippen molar-refractivity contribution in [2.75, 3.05) is 4.90 Å². The standard InChI is InChI=1S/C34H45NO5/c1-33(2,3)39-30(36)21-19-25-15-17-27(18-16-25)24-35(32(38)28-12-8-7-9-13-28)29-14-10-11-26(23-29)20-22-31(37)40-34(4,5)6/h10-11,14-18,20,22-23,28H,7-9,12-13,19,21,24H2,1-6H3/b22-20+. The number of esters is 2. The minimum atomic E-state index is -0.558. The van der Waals surface area contributed by atoms with Gasteiger partial charge in [-0.05, 0) is 95.7 Å². The van der Waals surface area contributed by atoms with E-state index in [1.54, 1.807) is 6.08 Å². The molecule has 1 aliphatic carbocycles. The molecule has 1 amide bonds. The summed E-state index contributed by atoms with van der Waals surface area (Å²) in [5.74, 6) is -0.453. The maximum absolute atomic E-state index is 13.8. The van der Waals surface area contributed by atoms with Gasteiger partial charge in [0, 0.05) is 24.1 Å². The zero-order chi connectivity index (χ0) is 29.3. The van der Waals surface area contributed by atoms with Gasteiger partial charge in [0.25, 0.3) is 0 Å². The van der Waals surface area contributed by atoms with E-state index in [-0.39, 0.29) is 17.8 Å². The van der Waals surface area contributed by atoms with E-state index in [1.165, 1.54) is 12.5 Å². The quantitative estimate of drug-likeness (QED) is 0.241. The fourth-order valence-corrected chi connectivity index (χ4v) is 4.80. The van der Waals surface area contributed by atoms with E-state index in [2.05, 4.69) is 0 Å². The summed E-state index contributed by atoms with van der Waals surface area (Å²) in [4.78, 5) is 39.9. The van der Waals surface area contributed by atoms with Crippen molar-refractivity contribution in [3.05, 3.63) is 71.3 Å². The summed E-state index contributed by atoms with van der Waals surface area (Å²) in [6, 6.07) is 15.8. The van der Waals surface area contributed by atoms with Crippen LogP contribution in [0.15, 0.2) is 54.6 Å². The number of rotatable bonds is 9. The molecule has 6 nitrogen and oxygen atoms in total. The molecule has 0 heterocycles. The lowest BCUT2D eigenvalue weighted by molar-refractivity contribution is -0.154. The normalized spacial score (nSPS) is 14.7. The Labute approximate surface area is 239 Å².